The Hall–Kier alpha value is -2.16. The molecule has 6 nitrogen and oxygen atoms in total. The Morgan fingerprint density at radius 3 is 2.52 bits per heavy atom. The number of aliphatic imine (C=N–C) groups is 1. The number of sulfonamides is 1. The molecule has 1 atom stereocenters. The molecule has 8 heteroatoms. The Bertz CT molecular complexity index is 973. The maximum absolute atomic E-state index is 12.8. The molecule has 0 bridgehead atoms. The quantitative estimate of drug-likeness (QED) is 0.786. The summed E-state index contributed by atoms with van der Waals surface area (Å²) in [6.45, 7) is 2.60. The van der Waals surface area contributed by atoms with Gasteiger partial charge in [-0.05, 0) is 30.3 Å². The molecule has 2 aromatic rings. The predicted octanol–water partition coefficient (Wildman–Crippen LogP) is 3.20. The third-order valence-corrected chi connectivity index (χ3v) is 6.95. The van der Waals surface area contributed by atoms with Crippen molar-refractivity contribution < 1.29 is 13.2 Å². The van der Waals surface area contributed by atoms with Crippen molar-refractivity contribution in [2.75, 3.05) is 20.6 Å². The minimum atomic E-state index is -3.54. The van der Waals surface area contributed by atoms with E-state index in [-0.39, 0.29) is 16.1 Å². The first-order valence-corrected chi connectivity index (χ1v) is 10.8. The molecule has 0 spiro atoms. The van der Waals surface area contributed by atoms with Crippen LogP contribution < -0.4 is 0 Å². The van der Waals surface area contributed by atoms with Gasteiger partial charge >= 0.3 is 0 Å². The first kappa shape index (κ1) is 19.6. The lowest BCUT2D eigenvalue weighted by atomic mass is 10.2. The molecule has 0 radical (unpaired) electrons. The second-order valence-corrected chi connectivity index (χ2v) is 9.95. The van der Waals surface area contributed by atoms with Crippen LogP contribution in [-0.2, 0) is 10.0 Å². The average Bonchev–Trinajstić information content (AvgIpc) is 3.02. The summed E-state index contributed by atoms with van der Waals surface area (Å²) in [5, 5.41) is 0.792. The number of amidine groups is 1. The Morgan fingerprint density at radius 1 is 1.15 bits per heavy atom. The highest BCUT2D eigenvalue weighted by Crippen LogP contribution is 2.30. The molecule has 142 valence electrons. The minimum absolute atomic E-state index is 0.108. The van der Waals surface area contributed by atoms with Gasteiger partial charge in [0, 0.05) is 31.5 Å². The summed E-state index contributed by atoms with van der Waals surface area (Å²) in [6, 6.07) is 15.5. The van der Waals surface area contributed by atoms with Crippen molar-refractivity contribution in [3.8, 4) is 0 Å². The van der Waals surface area contributed by atoms with Gasteiger partial charge in [0.25, 0.3) is 5.91 Å². The molecule has 3 rings (SSSR count). The summed E-state index contributed by atoms with van der Waals surface area (Å²) < 4.78 is 25.8. The fourth-order valence-corrected chi connectivity index (χ4v) is 4.61. The molecule has 0 aliphatic carbocycles. The summed E-state index contributed by atoms with van der Waals surface area (Å²) in [5.41, 5.74) is 1.10. The van der Waals surface area contributed by atoms with Crippen LogP contribution in [0.2, 0.25) is 0 Å². The predicted molar refractivity (Wildman–Crippen MR) is 109 cm³/mol. The zero-order valence-corrected chi connectivity index (χ0v) is 17.0. The lowest BCUT2D eigenvalue weighted by molar-refractivity contribution is 0.0855. The molecular weight excluding hydrogens is 382 g/mol. The topological polar surface area (TPSA) is 70.0 Å². The Morgan fingerprint density at radius 2 is 1.85 bits per heavy atom. The fourth-order valence-electron chi connectivity index (χ4n) is 2.64. The largest absolute Gasteiger partial charge is 0.286 e. The second kappa shape index (κ2) is 7.84. The molecule has 27 heavy (non-hydrogen) atoms. The summed E-state index contributed by atoms with van der Waals surface area (Å²) >= 11 is 1.51. The Balaban J connectivity index is 1.94. The van der Waals surface area contributed by atoms with Gasteiger partial charge in [-0.25, -0.2) is 17.7 Å². The number of rotatable bonds is 4. The summed E-state index contributed by atoms with van der Waals surface area (Å²) in [4.78, 5) is 19.2. The van der Waals surface area contributed by atoms with Gasteiger partial charge in [0.2, 0.25) is 10.0 Å². The van der Waals surface area contributed by atoms with E-state index >= 15 is 0 Å². The second-order valence-electron chi connectivity index (χ2n) is 6.39. The third kappa shape index (κ3) is 4.23. The van der Waals surface area contributed by atoms with Crippen LogP contribution in [0.15, 0.2) is 64.5 Å². The van der Waals surface area contributed by atoms with Crippen molar-refractivity contribution >= 4 is 38.5 Å². The van der Waals surface area contributed by atoms with Crippen molar-refractivity contribution in [3.63, 3.8) is 0 Å². The highest BCUT2D eigenvalue weighted by molar-refractivity contribution is 8.14. The van der Waals surface area contributed by atoms with Crippen molar-refractivity contribution in [3.05, 3.63) is 60.2 Å². The molecule has 0 N–H and O–H groups in total. The van der Waals surface area contributed by atoms with E-state index in [0.29, 0.717) is 23.0 Å². The van der Waals surface area contributed by atoms with Crippen LogP contribution in [0.5, 0.6) is 0 Å². The third-order valence-electron chi connectivity index (χ3n) is 4.06. The number of hydrogen-bond donors (Lipinski definition) is 0. The summed E-state index contributed by atoms with van der Waals surface area (Å²) in [6.07, 6.45) is 0. The van der Waals surface area contributed by atoms with E-state index in [1.807, 2.05) is 25.1 Å². The number of hydrogen-bond acceptors (Lipinski definition) is 5. The number of benzene rings is 2. The molecule has 1 aliphatic heterocycles. The SMILES string of the molecule is C[C@@H]1CN(C(=O)c2ccccc2)C(=Nc2cccc(S(=O)(=O)N(C)C)c2)S1. The van der Waals surface area contributed by atoms with Crippen LogP contribution in [0.25, 0.3) is 0 Å². The van der Waals surface area contributed by atoms with Crippen molar-refractivity contribution in [2.24, 2.45) is 4.99 Å². The van der Waals surface area contributed by atoms with Crippen molar-refractivity contribution in [1.29, 1.82) is 0 Å². The van der Waals surface area contributed by atoms with Gasteiger partial charge in [-0.15, -0.1) is 0 Å². The number of carbonyl (C=O) groups is 1. The molecule has 1 saturated heterocycles. The molecule has 0 saturated carbocycles. The van der Waals surface area contributed by atoms with E-state index in [1.54, 1.807) is 29.2 Å². The highest BCUT2D eigenvalue weighted by atomic mass is 32.2. The van der Waals surface area contributed by atoms with Gasteiger partial charge in [-0.2, -0.15) is 0 Å². The van der Waals surface area contributed by atoms with Gasteiger partial charge in [0.15, 0.2) is 5.17 Å². The van der Waals surface area contributed by atoms with Gasteiger partial charge in [0.05, 0.1) is 10.6 Å². The molecule has 1 aliphatic rings. The smallest absolute Gasteiger partial charge is 0.259 e. The van der Waals surface area contributed by atoms with E-state index in [9.17, 15) is 13.2 Å². The number of amides is 1. The van der Waals surface area contributed by atoms with Crippen LogP contribution >= 0.6 is 11.8 Å². The molecule has 2 aromatic carbocycles. The van der Waals surface area contributed by atoms with E-state index in [0.717, 1.165) is 4.31 Å². The van der Waals surface area contributed by atoms with Crippen LogP contribution in [-0.4, -0.2) is 54.6 Å². The summed E-state index contributed by atoms with van der Waals surface area (Å²) in [5.74, 6) is -0.108. The first-order chi connectivity index (χ1) is 12.8. The van der Waals surface area contributed by atoms with Crippen molar-refractivity contribution in [2.45, 2.75) is 17.1 Å². The average molecular weight is 404 g/mol. The Labute approximate surface area is 163 Å². The van der Waals surface area contributed by atoms with E-state index in [1.165, 1.54) is 38.0 Å². The molecular formula is C19H21N3O3S2. The zero-order valence-electron chi connectivity index (χ0n) is 15.4. The summed E-state index contributed by atoms with van der Waals surface area (Å²) in [7, 11) is -0.562. The number of nitrogens with zero attached hydrogens (tertiary/aromatic N) is 3. The van der Waals surface area contributed by atoms with Gasteiger partial charge in [0.1, 0.15) is 0 Å². The lowest BCUT2D eigenvalue weighted by Crippen LogP contribution is -2.32. The zero-order chi connectivity index (χ0) is 19.6. The number of thioether (sulfide) groups is 1. The molecule has 0 aromatic heterocycles. The molecule has 0 unspecified atom stereocenters. The van der Waals surface area contributed by atoms with Crippen LogP contribution in [0, 0.1) is 0 Å². The van der Waals surface area contributed by atoms with E-state index in [4.69, 9.17) is 0 Å². The monoisotopic (exact) mass is 403 g/mol. The minimum Gasteiger partial charge on any atom is -0.286 e. The van der Waals surface area contributed by atoms with E-state index in [2.05, 4.69) is 4.99 Å². The normalized spacial score (nSPS) is 19.0. The lowest BCUT2D eigenvalue weighted by Gasteiger charge is -2.16. The van der Waals surface area contributed by atoms with Gasteiger partial charge in [-0.1, -0.05) is 43.0 Å². The first-order valence-electron chi connectivity index (χ1n) is 8.44. The van der Waals surface area contributed by atoms with Crippen LogP contribution in [0.4, 0.5) is 5.69 Å². The highest BCUT2D eigenvalue weighted by Gasteiger charge is 2.31. The standard InChI is InChI=1S/C19H21N3O3S2/c1-14-13-22(18(23)15-8-5-4-6-9-15)19(26-14)20-16-10-7-11-17(12-16)27(24,25)21(2)3/h4-12,14H,13H2,1-3H3/t14-/m1/s1. The van der Waals surface area contributed by atoms with Crippen LogP contribution in [0.3, 0.4) is 0 Å². The molecule has 1 amide bonds. The molecule has 1 heterocycles. The van der Waals surface area contributed by atoms with Gasteiger partial charge in [-0.3, -0.25) is 9.69 Å². The van der Waals surface area contributed by atoms with Gasteiger partial charge < -0.3 is 0 Å². The van der Waals surface area contributed by atoms with Crippen molar-refractivity contribution in [1.82, 2.24) is 9.21 Å². The van der Waals surface area contributed by atoms with Crippen LogP contribution in [0.1, 0.15) is 17.3 Å². The number of carbonyl (C=O) groups excluding carboxylic acids is 1. The maximum Gasteiger partial charge on any atom is 0.259 e. The fraction of sp³-hybridized carbons (Fsp3) is 0.263. The maximum atomic E-state index is 12.8. The Kier molecular flexibility index (Phi) is 5.69. The molecule has 1 fully saturated rings. The van der Waals surface area contributed by atoms with E-state index < -0.39 is 10.0 Å².